The fourth-order valence-corrected chi connectivity index (χ4v) is 4.13. The van der Waals surface area contributed by atoms with E-state index in [2.05, 4.69) is 37.0 Å². The Morgan fingerprint density at radius 2 is 1.80 bits per heavy atom. The lowest BCUT2D eigenvalue weighted by molar-refractivity contribution is 0.438. The van der Waals surface area contributed by atoms with Gasteiger partial charge in [-0.05, 0) is 42.8 Å². The van der Waals surface area contributed by atoms with E-state index in [0.717, 1.165) is 35.3 Å². The Bertz CT molecular complexity index is 1070. The molecule has 0 saturated heterocycles. The van der Waals surface area contributed by atoms with E-state index in [4.69, 9.17) is 12.2 Å². The predicted molar refractivity (Wildman–Crippen MR) is 104 cm³/mol. The van der Waals surface area contributed by atoms with Crippen molar-refractivity contribution in [2.75, 3.05) is 0 Å². The number of aromatic nitrogens is 2. The molecule has 0 bridgehead atoms. The van der Waals surface area contributed by atoms with Gasteiger partial charge in [0.2, 0.25) is 0 Å². The van der Waals surface area contributed by atoms with Crippen molar-refractivity contribution < 1.29 is 0 Å². The number of aromatic amines is 1. The van der Waals surface area contributed by atoms with Gasteiger partial charge >= 0.3 is 0 Å². The van der Waals surface area contributed by atoms with Gasteiger partial charge in [-0.3, -0.25) is 9.36 Å². The lowest BCUT2D eigenvalue weighted by Gasteiger charge is -2.35. The molecule has 4 rings (SSSR count). The average Bonchev–Trinajstić information content (AvgIpc) is 2.62. The van der Waals surface area contributed by atoms with Gasteiger partial charge < -0.3 is 4.98 Å². The number of hydrogen-bond donors (Lipinski definition) is 1. The molecule has 1 aliphatic rings. The molecule has 3 aromatic rings. The Balaban J connectivity index is 2.11. The molecule has 0 radical (unpaired) electrons. The Hall–Kier alpha value is -2.46. The Kier molecular flexibility index (Phi) is 3.73. The van der Waals surface area contributed by atoms with Gasteiger partial charge in [0.1, 0.15) is 0 Å². The third-order valence-electron chi connectivity index (χ3n) is 5.37. The van der Waals surface area contributed by atoms with Crippen molar-refractivity contribution in [1.29, 1.82) is 0 Å². The van der Waals surface area contributed by atoms with Gasteiger partial charge in [-0.1, -0.05) is 56.3 Å². The largest absolute Gasteiger partial charge is 0.331 e. The molecular formula is C21H20N2OS. The topological polar surface area (TPSA) is 37.8 Å². The average molecular weight is 348 g/mol. The number of fused-ring (bicyclic) bond motifs is 3. The van der Waals surface area contributed by atoms with Crippen LogP contribution in [-0.2, 0) is 11.8 Å². The summed E-state index contributed by atoms with van der Waals surface area (Å²) in [5, 5.41) is 0. The van der Waals surface area contributed by atoms with Gasteiger partial charge in [0.05, 0.1) is 11.4 Å². The highest BCUT2D eigenvalue weighted by atomic mass is 32.1. The number of hydrogen-bond acceptors (Lipinski definition) is 2. The molecule has 1 unspecified atom stereocenters. The maximum Gasteiger partial charge on any atom is 0.263 e. The summed E-state index contributed by atoms with van der Waals surface area (Å²) in [6.45, 7) is 4.32. The van der Waals surface area contributed by atoms with Crippen LogP contribution in [0.2, 0.25) is 0 Å². The fourth-order valence-electron chi connectivity index (χ4n) is 3.84. The fraction of sp³-hybridized carbons (Fsp3) is 0.238. The number of nitrogens with zero attached hydrogens (tertiary/aromatic N) is 1. The van der Waals surface area contributed by atoms with Crippen LogP contribution in [0.25, 0.3) is 16.9 Å². The summed E-state index contributed by atoms with van der Waals surface area (Å²) < 4.78 is 2.06. The molecular weight excluding hydrogens is 328 g/mol. The van der Waals surface area contributed by atoms with Gasteiger partial charge in [0, 0.05) is 16.5 Å². The minimum atomic E-state index is -0.211. The van der Waals surface area contributed by atoms with Crippen LogP contribution in [0.15, 0.2) is 59.4 Å². The summed E-state index contributed by atoms with van der Waals surface area (Å²) in [5.74, 6) is 0. The van der Waals surface area contributed by atoms with Crippen LogP contribution < -0.4 is 5.56 Å². The van der Waals surface area contributed by atoms with Gasteiger partial charge in [-0.25, -0.2) is 0 Å². The minimum Gasteiger partial charge on any atom is -0.331 e. The van der Waals surface area contributed by atoms with Gasteiger partial charge in [-0.2, -0.15) is 0 Å². The number of H-pyrrole nitrogens is 1. The summed E-state index contributed by atoms with van der Waals surface area (Å²) in [7, 11) is 0. The SMILES string of the molecule is CCC1(C)Cc2ccccc2-c2[nH]c(=S)n(-c3ccccc3)c(=O)c21. The zero-order chi connectivity index (χ0) is 17.6. The number of benzene rings is 2. The standard InChI is InChI=1S/C21H20N2OS/c1-3-21(2)13-14-9-7-8-12-16(14)18-17(21)19(24)23(20(25)22-18)15-10-5-4-6-11-15/h4-12H,3,13H2,1-2H3,(H,22,25). The molecule has 25 heavy (non-hydrogen) atoms. The number of nitrogens with one attached hydrogen (secondary N) is 1. The van der Waals surface area contributed by atoms with Crippen LogP contribution in [-0.4, -0.2) is 9.55 Å². The first-order valence-electron chi connectivity index (χ1n) is 8.58. The molecule has 1 N–H and O–H groups in total. The lowest BCUT2D eigenvalue weighted by atomic mass is 9.69. The predicted octanol–water partition coefficient (Wildman–Crippen LogP) is 4.79. The van der Waals surface area contributed by atoms with Crippen molar-refractivity contribution in [1.82, 2.24) is 9.55 Å². The maximum atomic E-state index is 13.5. The molecule has 1 aromatic heterocycles. The molecule has 0 saturated carbocycles. The van der Waals surface area contributed by atoms with E-state index < -0.39 is 0 Å². The third kappa shape index (κ3) is 2.40. The minimum absolute atomic E-state index is 0.0104. The van der Waals surface area contributed by atoms with Gasteiger partial charge in [-0.15, -0.1) is 0 Å². The van der Waals surface area contributed by atoms with Crippen molar-refractivity contribution in [2.45, 2.75) is 32.1 Å². The van der Waals surface area contributed by atoms with E-state index in [-0.39, 0.29) is 11.0 Å². The highest BCUT2D eigenvalue weighted by Crippen LogP contribution is 2.42. The third-order valence-corrected chi connectivity index (χ3v) is 5.65. The molecule has 1 atom stereocenters. The second-order valence-corrected chi connectivity index (χ2v) is 7.29. The second kappa shape index (κ2) is 5.81. The molecule has 3 nitrogen and oxygen atoms in total. The van der Waals surface area contributed by atoms with E-state index in [0.29, 0.717) is 4.77 Å². The molecule has 1 heterocycles. The van der Waals surface area contributed by atoms with E-state index in [1.165, 1.54) is 5.56 Å². The van der Waals surface area contributed by atoms with Gasteiger partial charge in [0.15, 0.2) is 4.77 Å². The van der Waals surface area contributed by atoms with E-state index in [1.54, 1.807) is 4.57 Å². The Morgan fingerprint density at radius 3 is 2.52 bits per heavy atom. The smallest absolute Gasteiger partial charge is 0.263 e. The summed E-state index contributed by atoms with van der Waals surface area (Å²) >= 11 is 5.55. The summed E-state index contributed by atoms with van der Waals surface area (Å²) in [6.07, 6.45) is 1.75. The van der Waals surface area contributed by atoms with Crippen molar-refractivity contribution >= 4 is 12.2 Å². The van der Waals surface area contributed by atoms with Crippen molar-refractivity contribution in [2.24, 2.45) is 0 Å². The molecule has 0 spiro atoms. The van der Waals surface area contributed by atoms with E-state index in [9.17, 15) is 4.79 Å². The summed E-state index contributed by atoms with van der Waals surface area (Å²) in [5.41, 5.74) is 4.66. The number of para-hydroxylation sites is 1. The zero-order valence-electron chi connectivity index (χ0n) is 14.4. The molecule has 0 fully saturated rings. The van der Waals surface area contributed by atoms with E-state index >= 15 is 0 Å². The normalized spacial score (nSPS) is 18.5. The Morgan fingerprint density at radius 1 is 1.12 bits per heavy atom. The highest BCUT2D eigenvalue weighted by molar-refractivity contribution is 7.71. The quantitative estimate of drug-likeness (QED) is 0.676. The summed E-state index contributed by atoms with van der Waals surface area (Å²) in [4.78, 5) is 16.9. The van der Waals surface area contributed by atoms with Crippen LogP contribution in [0.1, 0.15) is 31.4 Å². The van der Waals surface area contributed by atoms with Crippen LogP contribution in [0, 0.1) is 4.77 Å². The van der Waals surface area contributed by atoms with Gasteiger partial charge in [0.25, 0.3) is 5.56 Å². The molecule has 4 heteroatoms. The van der Waals surface area contributed by atoms with E-state index in [1.807, 2.05) is 36.4 Å². The van der Waals surface area contributed by atoms with Crippen LogP contribution in [0.5, 0.6) is 0 Å². The monoisotopic (exact) mass is 348 g/mol. The first kappa shape index (κ1) is 16.0. The summed E-state index contributed by atoms with van der Waals surface area (Å²) in [6, 6.07) is 17.9. The van der Waals surface area contributed by atoms with Crippen molar-refractivity contribution in [3.63, 3.8) is 0 Å². The zero-order valence-corrected chi connectivity index (χ0v) is 15.2. The van der Waals surface area contributed by atoms with Crippen LogP contribution >= 0.6 is 12.2 Å². The van der Waals surface area contributed by atoms with Crippen molar-refractivity contribution in [3.8, 4) is 16.9 Å². The van der Waals surface area contributed by atoms with Crippen molar-refractivity contribution in [3.05, 3.63) is 80.8 Å². The molecule has 0 amide bonds. The highest BCUT2D eigenvalue weighted by Gasteiger charge is 2.37. The number of rotatable bonds is 2. The second-order valence-electron chi connectivity index (χ2n) is 6.90. The molecule has 0 aliphatic heterocycles. The first-order valence-corrected chi connectivity index (χ1v) is 8.99. The van der Waals surface area contributed by atoms with Crippen LogP contribution in [0.3, 0.4) is 0 Å². The van der Waals surface area contributed by atoms with Crippen LogP contribution in [0.4, 0.5) is 0 Å². The Labute approximate surface area is 152 Å². The molecule has 2 aromatic carbocycles. The lowest BCUT2D eigenvalue weighted by Crippen LogP contribution is -2.39. The molecule has 1 aliphatic carbocycles. The maximum absolute atomic E-state index is 13.5. The molecule has 126 valence electrons. The first-order chi connectivity index (χ1) is 12.0.